The largest absolute Gasteiger partial charge is 0.356 e. The highest BCUT2D eigenvalue weighted by Crippen LogP contribution is 2.39. The maximum absolute atomic E-state index is 14.9. The highest BCUT2D eigenvalue weighted by atomic mass is 32.1. The van der Waals surface area contributed by atoms with Crippen LogP contribution in [0.1, 0.15) is 39.9 Å². The standard InChI is InChI=1S/C24H22FN3OS/c1-15-21(30-14-26-15)10-11-22(29)28-13-12-17-16-6-3-5-9-20(16)27-23(17)24(28)18-7-2-4-8-19(18)25/h2-9,14,24,27H,10-13H2,1H3/t24-/m1/s1. The lowest BCUT2D eigenvalue weighted by Gasteiger charge is -2.36. The maximum atomic E-state index is 14.9. The van der Waals surface area contributed by atoms with Gasteiger partial charge in [0, 0.05) is 40.0 Å². The molecule has 1 amide bonds. The average Bonchev–Trinajstić information content (AvgIpc) is 3.35. The fourth-order valence-corrected chi connectivity index (χ4v) is 5.24. The van der Waals surface area contributed by atoms with E-state index in [9.17, 15) is 9.18 Å². The molecule has 0 saturated heterocycles. The van der Waals surface area contributed by atoms with Crippen LogP contribution in [0.3, 0.4) is 0 Å². The van der Waals surface area contributed by atoms with Crippen LogP contribution in [0.15, 0.2) is 54.0 Å². The summed E-state index contributed by atoms with van der Waals surface area (Å²) in [6, 6.07) is 14.5. The second kappa shape index (κ2) is 7.69. The van der Waals surface area contributed by atoms with Gasteiger partial charge in [0.15, 0.2) is 0 Å². The number of aromatic nitrogens is 2. The molecule has 0 aliphatic carbocycles. The van der Waals surface area contributed by atoms with Gasteiger partial charge in [-0.3, -0.25) is 4.79 Å². The molecule has 0 spiro atoms. The van der Waals surface area contributed by atoms with Crippen molar-refractivity contribution < 1.29 is 9.18 Å². The lowest BCUT2D eigenvalue weighted by atomic mass is 9.91. The van der Waals surface area contributed by atoms with E-state index in [0.29, 0.717) is 24.9 Å². The van der Waals surface area contributed by atoms with Crippen LogP contribution in [0.4, 0.5) is 4.39 Å². The zero-order valence-electron chi connectivity index (χ0n) is 16.7. The van der Waals surface area contributed by atoms with Crippen LogP contribution in [0, 0.1) is 12.7 Å². The molecular weight excluding hydrogens is 397 g/mol. The summed E-state index contributed by atoms with van der Waals surface area (Å²) in [5.74, 6) is -0.245. The maximum Gasteiger partial charge on any atom is 0.223 e. The van der Waals surface area contributed by atoms with Gasteiger partial charge in [0.25, 0.3) is 0 Å². The van der Waals surface area contributed by atoms with Crippen LogP contribution in [0.25, 0.3) is 10.9 Å². The number of H-pyrrole nitrogens is 1. The van der Waals surface area contributed by atoms with Gasteiger partial charge in [-0.15, -0.1) is 11.3 Å². The summed E-state index contributed by atoms with van der Waals surface area (Å²) in [5, 5.41) is 1.15. The van der Waals surface area contributed by atoms with E-state index in [2.05, 4.69) is 16.0 Å². The van der Waals surface area contributed by atoms with Crippen molar-refractivity contribution in [2.75, 3.05) is 6.54 Å². The van der Waals surface area contributed by atoms with E-state index in [0.717, 1.165) is 33.6 Å². The number of carbonyl (C=O) groups is 1. The van der Waals surface area contributed by atoms with Gasteiger partial charge in [0.05, 0.1) is 11.2 Å². The summed E-state index contributed by atoms with van der Waals surface area (Å²) in [5.41, 5.74) is 6.46. The Morgan fingerprint density at radius 3 is 2.83 bits per heavy atom. The lowest BCUT2D eigenvalue weighted by molar-refractivity contribution is -0.133. The number of para-hydroxylation sites is 1. The highest BCUT2D eigenvalue weighted by molar-refractivity contribution is 7.09. The van der Waals surface area contributed by atoms with E-state index in [1.807, 2.05) is 41.6 Å². The first-order chi connectivity index (χ1) is 14.6. The molecule has 0 unspecified atom stereocenters. The number of nitrogens with one attached hydrogen (secondary N) is 1. The summed E-state index contributed by atoms with van der Waals surface area (Å²) in [7, 11) is 0. The fourth-order valence-electron chi connectivity index (χ4n) is 4.46. The number of benzene rings is 2. The average molecular weight is 420 g/mol. The van der Waals surface area contributed by atoms with Crippen molar-refractivity contribution in [3.8, 4) is 0 Å². The molecule has 1 aliphatic rings. The van der Waals surface area contributed by atoms with E-state index < -0.39 is 6.04 Å². The number of hydrogen-bond donors (Lipinski definition) is 1. The summed E-state index contributed by atoms with van der Waals surface area (Å²) >= 11 is 1.58. The monoisotopic (exact) mass is 419 g/mol. The quantitative estimate of drug-likeness (QED) is 0.496. The number of thiazole rings is 1. The molecule has 1 atom stereocenters. The zero-order chi connectivity index (χ0) is 20.7. The van der Waals surface area contributed by atoms with Gasteiger partial charge in [-0.25, -0.2) is 9.37 Å². The van der Waals surface area contributed by atoms with Gasteiger partial charge in [-0.1, -0.05) is 36.4 Å². The summed E-state index contributed by atoms with van der Waals surface area (Å²) in [4.78, 5) is 24.0. The Bertz CT molecular complexity index is 1230. The number of hydrogen-bond acceptors (Lipinski definition) is 3. The van der Waals surface area contributed by atoms with Crippen LogP contribution in [-0.2, 0) is 17.6 Å². The van der Waals surface area contributed by atoms with Gasteiger partial charge in [0.2, 0.25) is 5.91 Å². The van der Waals surface area contributed by atoms with Crippen molar-refractivity contribution in [3.63, 3.8) is 0 Å². The second-order valence-corrected chi connectivity index (χ2v) is 8.62. The van der Waals surface area contributed by atoms with Crippen LogP contribution in [0.5, 0.6) is 0 Å². The van der Waals surface area contributed by atoms with Crippen LogP contribution < -0.4 is 0 Å². The molecule has 2 aromatic heterocycles. The van der Waals surface area contributed by atoms with Crippen molar-refractivity contribution in [3.05, 3.63) is 87.3 Å². The van der Waals surface area contributed by atoms with Crippen LogP contribution in [-0.4, -0.2) is 27.3 Å². The zero-order valence-corrected chi connectivity index (χ0v) is 17.5. The third kappa shape index (κ3) is 3.21. The Labute approximate surface area is 178 Å². The molecule has 6 heteroatoms. The van der Waals surface area contributed by atoms with E-state index >= 15 is 0 Å². The van der Waals surface area contributed by atoms with E-state index in [1.165, 1.54) is 11.6 Å². The number of aryl methyl sites for hydroxylation is 2. The molecule has 0 bridgehead atoms. The Balaban J connectivity index is 1.54. The highest BCUT2D eigenvalue weighted by Gasteiger charge is 2.35. The predicted molar refractivity (Wildman–Crippen MR) is 117 cm³/mol. The van der Waals surface area contributed by atoms with Gasteiger partial charge in [0.1, 0.15) is 11.9 Å². The number of aromatic amines is 1. The minimum absolute atomic E-state index is 0.0420. The van der Waals surface area contributed by atoms with Crippen LogP contribution in [0.2, 0.25) is 0 Å². The topological polar surface area (TPSA) is 49.0 Å². The SMILES string of the molecule is Cc1ncsc1CCC(=O)N1CCc2c([nH]c3ccccc23)[C@H]1c1ccccc1F. The number of halogens is 1. The smallest absolute Gasteiger partial charge is 0.223 e. The first kappa shape index (κ1) is 19.0. The molecule has 1 aliphatic heterocycles. The minimum Gasteiger partial charge on any atom is -0.356 e. The molecule has 4 nitrogen and oxygen atoms in total. The Kier molecular flexibility index (Phi) is 4.87. The normalized spacial score (nSPS) is 16.1. The molecule has 152 valence electrons. The Morgan fingerprint density at radius 2 is 2.03 bits per heavy atom. The number of rotatable bonds is 4. The Hall–Kier alpha value is -2.99. The van der Waals surface area contributed by atoms with E-state index in [4.69, 9.17) is 0 Å². The molecule has 0 radical (unpaired) electrons. The van der Waals surface area contributed by atoms with Crippen molar-refractivity contribution in [1.29, 1.82) is 0 Å². The molecule has 30 heavy (non-hydrogen) atoms. The molecule has 2 aromatic carbocycles. The second-order valence-electron chi connectivity index (χ2n) is 7.68. The minimum atomic E-state index is -0.447. The Morgan fingerprint density at radius 1 is 1.23 bits per heavy atom. The van der Waals surface area contributed by atoms with Gasteiger partial charge >= 0.3 is 0 Å². The predicted octanol–water partition coefficient (Wildman–Crippen LogP) is 5.18. The molecule has 3 heterocycles. The first-order valence-electron chi connectivity index (χ1n) is 10.2. The molecule has 0 saturated carbocycles. The number of amides is 1. The first-order valence-corrected chi connectivity index (χ1v) is 11.0. The van der Waals surface area contributed by atoms with Crippen LogP contribution >= 0.6 is 11.3 Å². The van der Waals surface area contributed by atoms with Crippen molar-refractivity contribution >= 4 is 28.1 Å². The van der Waals surface area contributed by atoms with E-state index in [1.54, 1.807) is 23.5 Å². The molecular formula is C24H22FN3OS. The van der Waals surface area contributed by atoms with Gasteiger partial charge in [-0.2, -0.15) is 0 Å². The summed E-state index contributed by atoms with van der Waals surface area (Å²) in [6.45, 7) is 2.55. The summed E-state index contributed by atoms with van der Waals surface area (Å²) < 4.78 is 14.9. The van der Waals surface area contributed by atoms with Gasteiger partial charge in [-0.05, 0) is 37.5 Å². The van der Waals surface area contributed by atoms with Crippen molar-refractivity contribution in [2.45, 2.75) is 32.2 Å². The number of nitrogens with zero attached hydrogens (tertiary/aromatic N) is 2. The van der Waals surface area contributed by atoms with E-state index in [-0.39, 0.29) is 11.7 Å². The molecule has 4 aromatic rings. The number of fused-ring (bicyclic) bond motifs is 3. The summed E-state index contributed by atoms with van der Waals surface area (Å²) in [6.07, 6.45) is 1.81. The third-order valence-corrected chi connectivity index (χ3v) is 6.96. The van der Waals surface area contributed by atoms with Crippen molar-refractivity contribution in [1.82, 2.24) is 14.9 Å². The molecule has 1 N–H and O–H groups in total. The van der Waals surface area contributed by atoms with Gasteiger partial charge < -0.3 is 9.88 Å². The third-order valence-electron chi connectivity index (χ3n) is 5.97. The molecule has 0 fully saturated rings. The molecule has 5 rings (SSSR count). The van der Waals surface area contributed by atoms with Crippen molar-refractivity contribution in [2.24, 2.45) is 0 Å². The lowest BCUT2D eigenvalue weighted by Crippen LogP contribution is -2.41. The number of carbonyl (C=O) groups excluding carboxylic acids is 1. The fraction of sp³-hybridized carbons (Fsp3) is 0.250.